The molecule has 2 saturated heterocycles. The number of likely N-dealkylation sites (tertiary alicyclic amines) is 1. The minimum atomic E-state index is -0.596. The molecule has 0 N–H and O–H groups in total. The van der Waals surface area contributed by atoms with Crippen molar-refractivity contribution in [3.05, 3.63) is 28.8 Å². The molecule has 0 atom stereocenters. The molecule has 0 saturated carbocycles. The Hall–Kier alpha value is -2.28. The topological polar surface area (TPSA) is 76.2 Å². The van der Waals surface area contributed by atoms with Gasteiger partial charge in [0.1, 0.15) is 5.75 Å². The molecule has 2 heterocycles. The van der Waals surface area contributed by atoms with E-state index in [0.29, 0.717) is 42.3 Å². The van der Waals surface area contributed by atoms with Gasteiger partial charge in [-0.05, 0) is 31.0 Å². The smallest absolute Gasteiger partial charge is 0.417 e. The van der Waals surface area contributed by atoms with E-state index in [0.717, 1.165) is 0 Å². The van der Waals surface area contributed by atoms with Gasteiger partial charge in [0.25, 0.3) is 11.8 Å². The highest BCUT2D eigenvalue weighted by molar-refractivity contribution is 6.31. The van der Waals surface area contributed by atoms with Gasteiger partial charge in [-0.25, -0.2) is 9.69 Å². The Balaban J connectivity index is 1.68. The molecular weight excluding hydrogens is 336 g/mol. The second-order valence-electron chi connectivity index (χ2n) is 5.69. The van der Waals surface area contributed by atoms with Crippen molar-refractivity contribution in [2.24, 2.45) is 0 Å². The summed E-state index contributed by atoms with van der Waals surface area (Å²) in [5.74, 6) is -0.0331. The van der Waals surface area contributed by atoms with Crippen LogP contribution in [-0.4, -0.2) is 60.6 Å². The molecule has 2 fully saturated rings. The Labute approximate surface area is 144 Å². The normalized spacial score (nSPS) is 18.8. The summed E-state index contributed by atoms with van der Waals surface area (Å²) in [4.78, 5) is 38.9. The number of hydrogen-bond donors (Lipinski definition) is 0. The maximum absolute atomic E-state index is 12.7. The fourth-order valence-corrected chi connectivity index (χ4v) is 3.23. The fraction of sp³-hybridized carbons (Fsp3) is 0.438. The van der Waals surface area contributed by atoms with Gasteiger partial charge in [0, 0.05) is 24.2 Å². The Morgan fingerprint density at radius 2 is 2.00 bits per heavy atom. The third-order valence-electron chi connectivity index (χ3n) is 4.29. The van der Waals surface area contributed by atoms with E-state index in [9.17, 15) is 14.4 Å². The number of methoxy groups -OCH3 is 1. The van der Waals surface area contributed by atoms with Gasteiger partial charge in [-0.15, -0.1) is 0 Å². The summed E-state index contributed by atoms with van der Waals surface area (Å²) in [6.07, 6.45) is 0.451. The van der Waals surface area contributed by atoms with Gasteiger partial charge >= 0.3 is 6.09 Å². The van der Waals surface area contributed by atoms with E-state index < -0.39 is 6.09 Å². The van der Waals surface area contributed by atoms with Gasteiger partial charge in [-0.3, -0.25) is 9.59 Å². The molecule has 2 aliphatic rings. The Morgan fingerprint density at radius 3 is 2.58 bits per heavy atom. The van der Waals surface area contributed by atoms with E-state index in [4.69, 9.17) is 21.1 Å². The number of nitrogens with zero attached hydrogens (tertiary/aromatic N) is 2. The number of amides is 3. The number of cyclic esters (lactones) is 1. The number of benzene rings is 1. The van der Waals surface area contributed by atoms with E-state index in [1.54, 1.807) is 23.1 Å². The van der Waals surface area contributed by atoms with Crippen LogP contribution in [0.1, 0.15) is 23.2 Å². The monoisotopic (exact) mass is 352 g/mol. The fourth-order valence-electron chi connectivity index (χ4n) is 3.06. The highest BCUT2D eigenvalue weighted by Gasteiger charge is 2.39. The molecule has 0 aliphatic carbocycles. The van der Waals surface area contributed by atoms with Crippen molar-refractivity contribution < 1.29 is 23.9 Å². The minimum absolute atomic E-state index is 0.178. The Bertz CT molecular complexity index is 669. The molecule has 3 amide bonds. The van der Waals surface area contributed by atoms with Crippen molar-refractivity contribution in [1.29, 1.82) is 0 Å². The van der Waals surface area contributed by atoms with Gasteiger partial charge in [-0.1, -0.05) is 11.6 Å². The molecule has 0 aromatic heterocycles. The summed E-state index contributed by atoms with van der Waals surface area (Å²) in [5, 5.41) is 0.458. The van der Waals surface area contributed by atoms with E-state index in [1.165, 1.54) is 12.0 Å². The van der Waals surface area contributed by atoms with Crippen LogP contribution in [-0.2, 0) is 9.53 Å². The molecule has 0 unspecified atom stereocenters. The third-order valence-corrected chi connectivity index (χ3v) is 4.53. The van der Waals surface area contributed by atoms with Crippen molar-refractivity contribution in [3.8, 4) is 5.75 Å². The summed E-state index contributed by atoms with van der Waals surface area (Å²) in [6, 6.07) is 4.67. The van der Waals surface area contributed by atoms with Crippen molar-refractivity contribution in [2.45, 2.75) is 18.9 Å². The van der Waals surface area contributed by atoms with Crippen LogP contribution in [0.2, 0.25) is 5.02 Å². The quantitative estimate of drug-likeness (QED) is 0.830. The van der Waals surface area contributed by atoms with Gasteiger partial charge < -0.3 is 14.4 Å². The second-order valence-corrected chi connectivity index (χ2v) is 6.12. The number of carbonyl (C=O) groups excluding carboxylic acids is 3. The van der Waals surface area contributed by atoms with Crippen LogP contribution in [0.15, 0.2) is 18.2 Å². The molecule has 1 aromatic rings. The van der Waals surface area contributed by atoms with Gasteiger partial charge in [0.2, 0.25) is 0 Å². The standard InChI is InChI=1S/C16H17ClN2O5/c1-23-13-3-2-10(17)8-12(13)15(21)18-6-4-11(5-7-18)19-14(20)9-24-16(19)22/h2-3,8,11H,4-7,9H2,1H3. The summed E-state index contributed by atoms with van der Waals surface area (Å²) in [6.45, 7) is 0.685. The number of ether oxygens (including phenoxy) is 2. The van der Waals surface area contributed by atoms with E-state index in [-0.39, 0.29) is 24.5 Å². The van der Waals surface area contributed by atoms with E-state index >= 15 is 0 Å². The van der Waals surface area contributed by atoms with Crippen molar-refractivity contribution in [1.82, 2.24) is 9.80 Å². The molecule has 3 rings (SSSR count). The summed E-state index contributed by atoms with van der Waals surface area (Å²) < 4.78 is 9.97. The number of rotatable bonds is 3. The van der Waals surface area contributed by atoms with Gasteiger partial charge in [-0.2, -0.15) is 0 Å². The molecule has 2 aliphatic heterocycles. The van der Waals surface area contributed by atoms with Crippen LogP contribution in [0.5, 0.6) is 5.75 Å². The van der Waals surface area contributed by atoms with Gasteiger partial charge in [0.05, 0.1) is 12.7 Å². The molecule has 128 valence electrons. The zero-order chi connectivity index (χ0) is 17.3. The number of halogens is 1. The first-order valence-corrected chi connectivity index (χ1v) is 8.00. The van der Waals surface area contributed by atoms with Crippen molar-refractivity contribution >= 4 is 29.5 Å². The number of carbonyl (C=O) groups is 3. The Morgan fingerprint density at radius 1 is 1.29 bits per heavy atom. The predicted octanol–water partition coefficient (Wildman–Crippen LogP) is 1.93. The lowest BCUT2D eigenvalue weighted by atomic mass is 10.0. The SMILES string of the molecule is COc1ccc(Cl)cc1C(=O)N1CCC(N2C(=O)COC2=O)CC1. The number of imide groups is 1. The first kappa shape index (κ1) is 16.6. The highest BCUT2D eigenvalue weighted by Crippen LogP contribution is 2.27. The maximum atomic E-state index is 12.7. The summed E-state index contributed by atoms with van der Waals surface area (Å²) >= 11 is 5.98. The number of piperidine rings is 1. The second kappa shape index (κ2) is 6.68. The number of hydrogen-bond acceptors (Lipinski definition) is 5. The lowest BCUT2D eigenvalue weighted by Gasteiger charge is -2.34. The molecule has 7 nitrogen and oxygen atoms in total. The van der Waals surface area contributed by atoms with Crippen LogP contribution in [0.4, 0.5) is 4.79 Å². The van der Waals surface area contributed by atoms with Crippen molar-refractivity contribution in [3.63, 3.8) is 0 Å². The van der Waals surface area contributed by atoms with Crippen molar-refractivity contribution in [2.75, 3.05) is 26.8 Å². The van der Waals surface area contributed by atoms with Crippen LogP contribution in [0.3, 0.4) is 0 Å². The van der Waals surface area contributed by atoms with Crippen LogP contribution >= 0.6 is 11.6 Å². The Kier molecular flexibility index (Phi) is 4.62. The summed E-state index contributed by atoms with van der Waals surface area (Å²) in [5.41, 5.74) is 0.403. The molecular formula is C16H17ClN2O5. The molecule has 0 bridgehead atoms. The molecule has 1 aromatic carbocycles. The molecule has 8 heteroatoms. The average molecular weight is 353 g/mol. The zero-order valence-corrected chi connectivity index (χ0v) is 13.9. The first-order valence-electron chi connectivity index (χ1n) is 7.63. The third kappa shape index (κ3) is 3.03. The van der Waals surface area contributed by atoms with E-state index in [1.807, 2.05) is 0 Å². The lowest BCUT2D eigenvalue weighted by molar-refractivity contribution is -0.127. The maximum Gasteiger partial charge on any atom is 0.417 e. The lowest BCUT2D eigenvalue weighted by Crippen LogP contribution is -2.48. The van der Waals surface area contributed by atoms with Crippen LogP contribution in [0.25, 0.3) is 0 Å². The van der Waals surface area contributed by atoms with Crippen LogP contribution < -0.4 is 4.74 Å². The minimum Gasteiger partial charge on any atom is -0.496 e. The van der Waals surface area contributed by atoms with Gasteiger partial charge in [0.15, 0.2) is 6.61 Å². The largest absolute Gasteiger partial charge is 0.496 e. The average Bonchev–Trinajstić information content (AvgIpc) is 2.93. The highest BCUT2D eigenvalue weighted by atomic mass is 35.5. The predicted molar refractivity (Wildman–Crippen MR) is 85.1 cm³/mol. The zero-order valence-electron chi connectivity index (χ0n) is 13.2. The van der Waals surface area contributed by atoms with E-state index in [2.05, 4.69) is 0 Å². The molecule has 0 spiro atoms. The summed E-state index contributed by atoms with van der Waals surface area (Å²) in [7, 11) is 1.50. The molecule has 0 radical (unpaired) electrons. The first-order chi connectivity index (χ1) is 11.5. The molecule has 24 heavy (non-hydrogen) atoms. The van der Waals surface area contributed by atoms with Crippen LogP contribution in [0, 0.1) is 0 Å².